The highest BCUT2D eigenvalue weighted by atomic mass is 19.1. The number of carbonyl (C=O) groups excluding carboxylic acids is 2. The monoisotopic (exact) mass is 364 g/mol. The van der Waals surface area contributed by atoms with E-state index in [1.807, 2.05) is 4.90 Å². The Kier molecular flexibility index (Phi) is 6.21. The first-order valence-electron chi connectivity index (χ1n) is 9.02. The molecule has 2 atom stereocenters. The number of benzene rings is 1. The normalized spacial score (nSPS) is 24.0. The molecule has 0 aromatic heterocycles. The number of methoxy groups -OCH3 is 1. The molecule has 0 spiro atoms. The van der Waals surface area contributed by atoms with Gasteiger partial charge in [-0.05, 0) is 24.1 Å². The third-order valence-corrected chi connectivity index (χ3v) is 5.09. The molecule has 2 fully saturated rings. The Balaban J connectivity index is 1.90. The minimum atomic E-state index is -0.401. The molecule has 26 heavy (non-hydrogen) atoms. The Morgan fingerprint density at radius 2 is 1.96 bits per heavy atom. The fourth-order valence-electron chi connectivity index (χ4n) is 3.76. The summed E-state index contributed by atoms with van der Waals surface area (Å²) in [6.45, 7) is 3.00. The molecule has 7 heteroatoms. The summed E-state index contributed by atoms with van der Waals surface area (Å²) < 4.78 is 23.9. The minimum absolute atomic E-state index is 0.00222. The maximum Gasteiger partial charge on any atom is 0.228 e. The highest BCUT2D eigenvalue weighted by Crippen LogP contribution is 2.38. The number of nitrogens with zero attached hydrogens (tertiary/aromatic N) is 2. The van der Waals surface area contributed by atoms with E-state index >= 15 is 0 Å². The van der Waals surface area contributed by atoms with E-state index in [0.717, 1.165) is 5.56 Å². The molecule has 2 aliphatic rings. The van der Waals surface area contributed by atoms with Gasteiger partial charge in [0.2, 0.25) is 11.8 Å². The first kappa shape index (κ1) is 18.8. The van der Waals surface area contributed by atoms with Gasteiger partial charge in [0.05, 0.1) is 31.8 Å². The lowest BCUT2D eigenvalue weighted by atomic mass is 9.83. The summed E-state index contributed by atoms with van der Waals surface area (Å²) in [5, 5.41) is 0. The lowest BCUT2D eigenvalue weighted by Crippen LogP contribution is -2.51. The van der Waals surface area contributed by atoms with Gasteiger partial charge in [0.15, 0.2) is 0 Å². The molecule has 6 nitrogen and oxygen atoms in total. The zero-order valence-electron chi connectivity index (χ0n) is 15.0. The van der Waals surface area contributed by atoms with Crippen LogP contribution in [-0.4, -0.2) is 68.2 Å². The van der Waals surface area contributed by atoms with Crippen molar-refractivity contribution in [3.05, 3.63) is 35.6 Å². The third kappa shape index (κ3) is 4.04. The van der Waals surface area contributed by atoms with E-state index in [0.29, 0.717) is 52.3 Å². The van der Waals surface area contributed by atoms with Gasteiger partial charge in [-0.2, -0.15) is 0 Å². The summed E-state index contributed by atoms with van der Waals surface area (Å²) in [7, 11) is 1.58. The molecule has 0 bridgehead atoms. The molecule has 0 N–H and O–H groups in total. The number of morpholine rings is 1. The van der Waals surface area contributed by atoms with E-state index < -0.39 is 6.04 Å². The molecule has 1 aromatic carbocycles. The topological polar surface area (TPSA) is 59.1 Å². The van der Waals surface area contributed by atoms with E-state index in [4.69, 9.17) is 9.47 Å². The fourth-order valence-corrected chi connectivity index (χ4v) is 3.76. The van der Waals surface area contributed by atoms with Crippen LogP contribution >= 0.6 is 0 Å². The molecule has 0 aliphatic carbocycles. The second-order valence-corrected chi connectivity index (χ2v) is 6.66. The second-order valence-electron chi connectivity index (χ2n) is 6.66. The van der Waals surface area contributed by atoms with E-state index in [-0.39, 0.29) is 23.5 Å². The summed E-state index contributed by atoms with van der Waals surface area (Å²) in [5.41, 5.74) is 0.780. The number of carbonyl (C=O) groups is 2. The van der Waals surface area contributed by atoms with Crippen LogP contribution < -0.4 is 0 Å². The van der Waals surface area contributed by atoms with Crippen molar-refractivity contribution in [3.8, 4) is 0 Å². The lowest BCUT2D eigenvalue weighted by molar-refractivity contribution is -0.151. The number of rotatable bonds is 5. The molecule has 2 amide bonds. The largest absolute Gasteiger partial charge is 0.383 e. The Bertz CT molecular complexity index is 631. The molecular formula is C19H25FN2O4. The zero-order chi connectivity index (χ0) is 18.5. The number of amides is 2. The molecule has 0 radical (unpaired) electrons. The number of hydrogen-bond donors (Lipinski definition) is 0. The van der Waals surface area contributed by atoms with Crippen molar-refractivity contribution in [1.82, 2.24) is 9.80 Å². The zero-order valence-corrected chi connectivity index (χ0v) is 15.0. The summed E-state index contributed by atoms with van der Waals surface area (Å²) >= 11 is 0. The third-order valence-electron chi connectivity index (χ3n) is 5.09. The van der Waals surface area contributed by atoms with Crippen molar-refractivity contribution in [2.75, 3.05) is 46.6 Å². The van der Waals surface area contributed by atoms with Crippen LogP contribution in [0.15, 0.2) is 24.3 Å². The predicted octanol–water partition coefficient (Wildman–Crippen LogP) is 1.61. The lowest BCUT2D eigenvalue weighted by Gasteiger charge is -2.43. The van der Waals surface area contributed by atoms with E-state index in [2.05, 4.69) is 0 Å². The predicted molar refractivity (Wildman–Crippen MR) is 92.9 cm³/mol. The van der Waals surface area contributed by atoms with E-state index in [1.165, 1.54) is 12.1 Å². The van der Waals surface area contributed by atoms with Gasteiger partial charge < -0.3 is 19.3 Å². The van der Waals surface area contributed by atoms with Crippen LogP contribution in [0.2, 0.25) is 0 Å². The molecule has 2 saturated heterocycles. The van der Waals surface area contributed by atoms with Gasteiger partial charge >= 0.3 is 0 Å². The van der Waals surface area contributed by atoms with Gasteiger partial charge in [0, 0.05) is 33.2 Å². The highest BCUT2D eigenvalue weighted by Gasteiger charge is 2.42. The van der Waals surface area contributed by atoms with Gasteiger partial charge in [-0.3, -0.25) is 9.59 Å². The summed E-state index contributed by atoms with van der Waals surface area (Å²) in [5.74, 6) is -0.636. The van der Waals surface area contributed by atoms with Crippen molar-refractivity contribution >= 4 is 11.8 Å². The first-order valence-corrected chi connectivity index (χ1v) is 9.02. The van der Waals surface area contributed by atoms with Crippen LogP contribution in [0.4, 0.5) is 4.39 Å². The molecule has 2 aliphatic heterocycles. The van der Waals surface area contributed by atoms with Crippen LogP contribution in [0.25, 0.3) is 0 Å². The standard InChI is InChI=1S/C19H25FN2O4/c1-25-11-10-22-17(23)7-6-16(19(24)21-8-12-26-13-9-21)18(22)14-2-4-15(20)5-3-14/h2-5,16,18H,6-13H2,1H3/t16-,18+/m1/s1. The number of ether oxygens (including phenoxy) is 2. The Hall–Kier alpha value is -1.99. The van der Waals surface area contributed by atoms with Crippen LogP contribution in [0.3, 0.4) is 0 Å². The average Bonchev–Trinajstić information content (AvgIpc) is 2.68. The molecule has 3 rings (SSSR count). The Morgan fingerprint density at radius 3 is 2.62 bits per heavy atom. The van der Waals surface area contributed by atoms with Crippen molar-refractivity contribution in [2.24, 2.45) is 5.92 Å². The molecule has 142 valence electrons. The maximum absolute atomic E-state index is 13.4. The minimum Gasteiger partial charge on any atom is -0.383 e. The van der Waals surface area contributed by atoms with Crippen LogP contribution in [-0.2, 0) is 19.1 Å². The van der Waals surface area contributed by atoms with Gasteiger partial charge in [-0.15, -0.1) is 0 Å². The number of likely N-dealkylation sites (tertiary alicyclic amines) is 1. The van der Waals surface area contributed by atoms with E-state index in [1.54, 1.807) is 24.1 Å². The molecule has 0 saturated carbocycles. The van der Waals surface area contributed by atoms with Crippen molar-refractivity contribution < 1.29 is 23.5 Å². The first-order chi connectivity index (χ1) is 12.6. The Morgan fingerprint density at radius 1 is 1.27 bits per heavy atom. The van der Waals surface area contributed by atoms with Gasteiger partial charge in [-0.25, -0.2) is 4.39 Å². The smallest absolute Gasteiger partial charge is 0.228 e. The van der Waals surface area contributed by atoms with Gasteiger partial charge in [0.25, 0.3) is 0 Å². The summed E-state index contributed by atoms with van der Waals surface area (Å²) in [4.78, 5) is 29.2. The fraction of sp³-hybridized carbons (Fsp3) is 0.579. The van der Waals surface area contributed by atoms with Crippen LogP contribution in [0.5, 0.6) is 0 Å². The molecular weight excluding hydrogens is 339 g/mol. The summed E-state index contributed by atoms with van der Waals surface area (Å²) in [6.07, 6.45) is 0.836. The SMILES string of the molecule is COCCN1C(=O)CC[C@@H](C(=O)N2CCOCC2)[C@@H]1c1ccc(F)cc1. The molecule has 2 heterocycles. The number of piperidine rings is 1. The quantitative estimate of drug-likeness (QED) is 0.797. The van der Waals surface area contributed by atoms with E-state index in [9.17, 15) is 14.0 Å². The molecule has 1 aromatic rings. The molecule has 0 unspecified atom stereocenters. The van der Waals surface area contributed by atoms with Crippen molar-refractivity contribution in [2.45, 2.75) is 18.9 Å². The Labute approximate surface area is 152 Å². The van der Waals surface area contributed by atoms with Crippen molar-refractivity contribution in [1.29, 1.82) is 0 Å². The highest BCUT2D eigenvalue weighted by molar-refractivity contribution is 5.85. The number of hydrogen-bond acceptors (Lipinski definition) is 4. The van der Waals surface area contributed by atoms with Gasteiger partial charge in [-0.1, -0.05) is 12.1 Å². The van der Waals surface area contributed by atoms with Crippen LogP contribution in [0, 0.1) is 11.7 Å². The van der Waals surface area contributed by atoms with Crippen LogP contribution in [0.1, 0.15) is 24.4 Å². The number of halogens is 1. The second kappa shape index (κ2) is 8.60. The van der Waals surface area contributed by atoms with Gasteiger partial charge in [0.1, 0.15) is 5.82 Å². The average molecular weight is 364 g/mol. The maximum atomic E-state index is 13.4. The summed E-state index contributed by atoms with van der Waals surface area (Å²) in [6, 6.07) is 5.68. The van der Waals surface area contributed by atoms with Crippen molar-refractivity contribution in [3.63, 3.8) is 0 Å².